The monoisotopic (exact) mass is 358 g/mol. The summed E-state index contributed by atoms with van der Waals surface area (Å²) < 4.78 is 10.8. The Kier molecular flexibility index (Phi) is 6.48. The standard InChI is InChI=1S/C21H26O5/c1-12(2)18-7-6-15-11-17(26-21(15)24)9-13(3)8-16(22)10-14(4)19(23)20(18)25-5/h8,10-11,17-18,20H,1,6-7,9H2,2-5H3/b13-8-,14-10-/t17-,18-,20-/m0/s1. The molecule has 3 atom stereocenters. The van der Waals surface area contributed by atoms with Gasteiger partial charge in [-0.25, -0.2) is 4.79 Å². The van der Waals surface area contributed by atoms with Crippen LogP contribution in [0.25, 0.3) is 0 Å². The molecule has 1 aliphatic heterocycles. The summed E-state index contributed by atoms with van der Waals surface area (Å²) in [6.45, 7) is 9.25. The molecule has 0 N–H and O–H groups in total. The molecule has 0 aromatic rings. The topological polar surface area (TPSA) is 69.7 Å². The van der Waals surface area contributed by atoms with Gasteiger partial charge in [-0.05, 0) is 57.4 Å². The molecule has 5 heteroatoms. The Bertz CT molecular complexity index is 723. The Hall–Kier alpha value is -2.27. The molecular weight excluding hydrogens is 332 g/mol. The van der Waals surface area contributed by atoms with Gasteiger partial charge < -0.3 is 9.47 Å². The van der Waals surface area contributed by atoms with Crippen LogP contribution in [0.4, 0.5) is 0 Å². The second kappa shape index (κ2) is 8.41. The fourth-order valence-corrected chi connectivity index (χ4v) is 3.42. The quantitative estimate of drug-likeness (QED) is 0.560. The summed E-state index contributed by atoms with van der Waals surface area (Å²) in [5.41, 5.74) is 2.55. The SMILES string of the molecule is C=C(C)[C@@H]1CCC2=C[C@H](C/C(C)=C\C(=O)/C=C(/C)C(=O)[C@H]1OC)OC2=O. The van der Waals surface area contributed by atoms with Crippen LogP contribution < -0.4 is 0 Å². The van der Waals surface area contributed by atoms with E-state index in [9.17, 15) is 14.4 Å². The van der Waals surface area contributed by atoms with Crippen LogP contribution in [-0.2, 0) is 23.9 Å². The van der Waals surface area contributed by atoms with Crippen molar-refractivity contribution in [1.82, 2.24) is 0 Å². The summed E-state index contributed by atoms with van der Waals surface area (Å²) in [5, 5.41) is 0. The molecule has 0 fully saturated rings. The molecule has 0 unspecified atom stereocenters. The van der Waals surface area contributed by atoms with Gasteiger partial charge in [0.05, 0.1) is 0 Å². The van der Waals surface area contributed by atoms with Gasteiger partial charge in [-0.2, -0.15) is 0 Å². The average molecular weight is 358 g/mol. The third-order valence-electron chi connectivity index (χ3n) is 4.80. The Morgan fingerprint density at radius 1 is 1.23 bits per heavy atom. The number of hydrogen-bond donors (Lipinski definition) is 0. The van der Waals surface area contributed by atoms with Crippen molar-refractivity contribution in [2.75, 3.05) is 7.11 Å². The zero-order chi connectivity index (χ0) is 19.4. The predicted octanol–water partition coefficient (Wildman–Crippen LogP) is 3.26. The zero-order valence-electron chi connectivity index (χ0n) is 15.8. The number of rotatable bonds is 2. The van der Waals surface area contributed by atoms with Crippen LogP contribution >= 0.6 is 0 Å². The molecule has 2 bridgehead atoms. The number of allylic oxidation sites excluding steroid dienone is 2. The normalized spacial score (nSPS) is 31.9. The van der Waals surface area contributed by atoms with Crippen molar-refractivity contribution in [3.63, 3.8) is 0 Å². The Morgan fingerprint density at radius 3 is 2.54 bits per heavy atom. The molecule has 1 heterocycles. The van der Waals surface area contributed by atoms with E-state index in [-0.39, 0.29) is 29.6 Å². The van der Waals surface area contributed by atoms with E-state index in [1.54, 1.807) is 6.92 Å². The van der Waals surface area contributed by atoms with E-state index >= 15 is 0 Å². The molecule has 5 nitrogen and oxygen atoms in total. The van der Waals surface area contributed by atoms with Crippen LogP contribution in [0.5, 0.6) is 0 Å². The summed E-state index contributed by atoms with van der Waals surface area (Å²) in [7, 11) is 1.47. The van der Waals surface area contributed by atoms with Gasteiger partial charge in [-0.15, -0.1) is 0 Å². The molecule has 1 aliphatic carbocycles. The largest absolute Gasteiger partial charge is 0.454 e. The van der Waals surface area contributed by atoms with E-state index < -0.39 is 6.10 Å². The predicted molar refractivity (Wildman–Crippen MR) is 98.4 cm³/mol. The summed E-state index contributed by atoms with van der Waals surface area (Å²) in [6, 6.07) is 0. The van der Waals surface area contributed by atoms with Crippen LogP contribution in [0.1, 0.15) is 40.0 Å². The van der Waals surface area contributed by atoms with Crippen LogP contribution in [0.15, 0.2) is 47.1 Å². The number of carbonyl (C=O) groups excluding carboxylic acids is 3. The highest BCUT2D eigenvalue weighted by molar-refractivity contribution is 6.08. The van der Waals surface area contributed by atoms with E-state index in [0.29, 0.717) is 30.4 Å². The lowest BCUT2D eigenvalue weighted by molar-refractivity contribution is -0.139. The summed E-state index contributed by atoms with van der Waals surface area (Å²) >= 11 is 0. The lowest BCUT2D eigenvalue weighted by atomic mass is 9.85. The molecule has 140 valence electrons. The van der Waals surface area contributed by atoms with Gasteiger partial charge in [-0.1, -0.05) is 17.7 Å². The molecule has 0 radical (unpaired) electrons. The fraction of sp³-hybridized carbons (Fsp3) is 0.476. The number of esters is 1. The summed E-state index contributed by atoms with van der Waals surface area (Å²) in [5.74, 6) is -1.09. The van der Waals surface area contributed by atoms with Gasteiger partial charge in [0, 0.05) is 25.0 Å². The lowest BCUT2D eigenvalue weighted by Crippen LogP contribution is -2.33. The number of ether oxygens (including phenoxy) is 2. The third-order valence-corrected chi connectivity index (χ3v) is 4.80. The fourth-order valence-electron chi connectivity index (χ4n) is 3.42. The van der Waals surface area contributed by atoms with Crippen molar-refractivity contribution in [2.24, 2.45) is 5.92 Å². The molecule has 0 amide bonds. The van der Waals surface area contributed by atoms with Crippen molar-refractivity contribution in [3.05, 3.63) is 47.1 Å². The average Bonchev–Trinajstić information content (AvgIpc) is 2.88. The molecule has 0 aromatic heterocycles. The van der Waals surface area contributed by atoms with Gasteiger partial charge >= 0.3 is 5.97 Å². The maximum atomic E-state index is 12.8. The molecule has 2 rings (SSSR count). The molecular formula is C21H26O5. The van der Waals surface area contributed by atoms with Crippen molar-refractivity contribution >= 4 is 17.5 Å². The zero-order valence-corrected chi connectivity index (χ0v) is 15.8. The van der Waals surface area contributed by atoms with Gasteiger partial charge in [0.25, 0.3) is 0 Å². The van der Waals surface area contributed by atoms with Gasteiger partial charge in [0.2, 0.25) is 0 Å². The number of hydrogen-bond acceptors (Lipinski definition) is 5. The minimum atomic E-state index is -0.738. The number of methoxy groups -OCH3 is 1. The molecule has 26 heavy (non-hydrogen) atoms. The molecule has 0 saturated heterocycles. The van der Waals surface area contributed by atoms with Crippen LogP contribution in [0.3, 0.4) is 0 Å². The van der Waals surface area contributed by atoms with Gasteiger partial charge in [0.15, 0.2) is 11.6 Å². The smallest absolute Gasteiger partial charge is 0.334 e. The highest BCUT2D eigenvalue weighted by atomic mass is 16.5. The highest BCUT2D eigenvalue weighted by Crippen LogP contribution is 2.29. The highest BCUT2D eigenvalue weighted by Gasteiger charge is 2.32. The second-order valence-corrected chi connectivity index (χ2v) is 7.07. The van der Waals surface area contributed by atoms with Gasteiger partial charge in [0.1, 0.15) is 12.2 Å². The Labute approximate surface area is 154 Å². The molecule has 0 saturated carbocycles. The lowest BCUT2D eigenvalue weighted by Gasteiger charge is -2.25. The third kappa shape index (κ3) is 4.67. The number of fused-ring (bicyclic) bond motifs is 1. The van der Waals surface area contributed by atoms with E-state index in [1.807, 2.05) is 19.9 Å². The number of ketones is 2. The first-order valence-corrected chi connectivity index (χ1v) is 8.76. The minimum absolute atomic E-state index is 0.238. The van der Waals surface area contributed by atoms with E-state index in [2.05, 4.69) is 6.58 Å². The number of carbonyl (C=O) groups is 3. The maximum absolute atomic E-state index is 12.8. The molecule has 2 aliphatic rings. The first-order valence-electron chi connectivity index (χ1n) is 8.76. The van der Waals surface area contributed by atoms with Crippen molar-refractivity contribution in [2.45, 2.75) is 52.2 Å². The first-order chi connectivity index (χ1) is 12.2. The van der Waals surface area contributed by atoms with Crippen molar-refractivity contribution in [1.29, 1.82) is 0 Å². The first kappa shape index (κ1) is 20.0. The number of Topliss-reactive ketones (excluding diaryl/α,β-unsaturated/α-hetero) is 1. The summed E-state index contributed by atoms with van der Waals surface area (Å²) in [4.78, 5) is 37.1. The Balaban J connectivity index is 2.43. The minimum Gasteiger partial charge on any atom is -0.454 e. The Morgan fingerprint density at radius 2 is 1.92 bits per heavy atom. The van der Waals surface area contributed by atoms with Crippen molar-refractivity contribution < 1.29 is 23.9 Å². The van der Waals surface area contributed by atoms with E-state index in [0.717, 1.165) is 11.1 Å². The van der Waals surface area contributed by atoms with E-state index in [1.165, 1.54) is 19.3 Å². The van der Waals surface area contributed by atoms with Crippen LogP contribution in [-0.4, -0.2) is 36.9 Å². The van der Waals surface area contributed by atoms with E-state index in [4.69, 9.17) is 9.47 Å². The second-order valence-electron chi connectivity index (χ2n) is 7.07. The maximum Gasteiger partial charge on any atom is 0.334 e. The van der Waals surface area contributed by atoms with Gasteiger partial charge in [-0.3, -0.25) is 9.59 Å². The molecule has 0 aromatic carbocycles. The summed E-state index contributed by atoms with van der Waals surface area (Å²) in [6.07, 6.45) is 5.04. The van der Waals surface area contributed by atoms with Crippen molar-refractivity contribution in [3.8, 4) is 0 Å². The van der Waals surface area contributed by atoms with Crippen LogP contribution in [0, 0.1) is 5.92 Å². The van der Waals surface area contributed by atoms with Crippen LogP contribution in [0.2, 0.25) is 0 Å². The molecule has 0 spiro atoms.